The fraction of sp³-hybridized carbons (Fsp3) is 0.435. The minimum Gasteiger partial charge on any atom is -0.476 e. The van der Waals surface area contributed by atoms with Crippen molar-refractivity contribution >= 4 is 21.6 Å². The summed E-state index contributed by atoms with van der Waals surface area (Å²) in [6.07, 6.45) is 0.905. The molecular formula is C23H30N2O4S. The van der Waals surface area contributed by atoms with Crippen molar-refractivity contribution in [3.05, 3.63) is 54.1 Å². The Kier molecular flexibility index (Phi) is 6.41. The summed E-state index contributed by atoms with van der Waals surface area (Å²) in [5.41, 5.74) is 1.29. The Hall–Kier alpha value is -2.54. The zero-order valence-corrected chi connectivity index (χ0v) is 18.8. The summed E-state index contributed by atoms with van der Waals surface area (Å²) < 4.78 is 34.2. The highest BCUT2D eigenvalue weighted by molar-refractivity contribution is 7.92. The second kappa shape index (κ2) is 8.68. The van der Waals surface area contributed by atoms with Gasteiger partial charge in [-0.2, -0.15) is 0 Å². The number of sulfonamides is 1. The molecule has 162 valence electrons. The fourth-order valence-electron chi connectivity index (χ4n) is 3.30. The van der Waals surface area contributed by atoms with Gasteiger partial charge in [-0.1, -0.05) is 58.4 Å². The van der Waals surface area contributed by atoms with Crippen LogP contribution in [0.4, 0.5) is 5.69 Å². The van der Waals surface area contributed by atoms with Crippen molar-refractivity contribution < 1.29 is 17.9 Å². The van der Waals surface area contributed by atoms with E-state index in [1.165, 1.54) is 4.31 Å². The normalized spacial score (nSPS) is 16.5. The molecule has 1 aliphatic rings. The number of amides is 1. The van der Waals surface area contributed by atoms with Gasteiger partial charge < -0.3 is 10.1 Å². The highest BCUT2D eigenvalue weighted by Gasteiger charge is 2.38. The topological polar surface area (TPSA) is 75.7 Å². The molecule has 30 heavy (non-hydrogen) atoms. The van der Waals surface area contributed by atoms with Gasteiger partial charge in [-0.3, -0.25) is 9.10 Å². The molecule has 3 rings (SSSR count). The maximum absolute atomic E-state index is 13.5. The first-order valence-corrected chi connectivity index (χ1v) is 11.8. The number of anilines is 1. The molecule has 0 saturated heterocycles. The van der Waals surface area contributed by atoms with Crippen LogP contribution in [-0.2, 0) is 20.2 Å². The molecule has 1 N–H and O–H groups in total. The van der Waals surface area contributed by atoms with Gasteiger partial charge in [0, 0.05) is 6.54 Å². The van der Waals surface area contributed by atoms with Crippen molar-refractivity contribution in [2.45, 2.75) is 57.0 Å². The Morgan fingerprint density at radius 2 is 1.87 bits per heavy atom. The lowest BCUT2D eigenvalue weighted by molar-refractivity contribution is -0.127. The predicted molar refractivity (Wildman–Crippen MR) is 118 cm³/mol. The van der Waals surface area contributed by atoms with E-state index in [-0.39, 0.29) is 22.8 Å². The van der Waals surface area contributed by atoms with E-state index >= 15 is 0 Å². The lowest BCUT2D eigenvalue weighted by atomic mass is 9.86. The molecule has 6 nitrogen and oxygen atoms in total. The zero-order valence-electron chi connectivity index (χ0n) is 18.0. The van der Waals surface area contributed by atoms with Crippen LogP contribution in [0.15, 0.2) is 53.4 Å². The van der Waals surface area contributed by atoms with Gasteiger partial charge in [-0.15, -0.1) is 0 Å². The minimum absolute atomic E-state index is 0.0736. The first kappa shape index (κ1) is 22.2. The second-order valence-corrected chi connectivity index (χ2v) is 10.4. The smallest absolute Gasteiger partial charge is 0.264 e. The molecular weight excluding hydrogens is 400 g/mol. The lowest BCUT2D eigenvalue weighted by Crippen LogP contribution is -2.50. The van der Waals surface area contributed by atoms with E-state index in [1.54, 1.807) is 36.4 Å². The number of carbonyl (C=O) groups is 1. The Morgan fingerprint density at radius 3 is 2.50 bits per heavy atom. The summed E-state index contributed by atoms with van der Waals surface area (Å²) in [4.78, 5) is 12.8. The highest BCUT2D eigenvalue weighted by Crippen LogP contribution is 2.40. The summed E-state index contributed by atoms with van der Waals surface area (Å²) in [6, 6.07) is 13.8. The number of fused-ring (bicyclic) bond motifs is 1. The van der Waals surface area contributed by atoms with Crippen molar-refractivity contribution in [2.75, 3.05) is 17.4 Å². The van der Waals surface area contributed by atoms with Crippen LogP contribution in [0.3, 0.4) is 0 Å². The zero-order chi connectivity index (χ0) is 21.9. The number of rotatable bonds is 6. The molecule has 0 fully saturated rings. The molecule has 0 aromatic heterocycles. The molecule has 0 unspecified atom stereocenters. The number of ether oxygens (including phenoxy) is 1. The Labute approximate surface area is 179 Å². The van der Waals surface area contributed by atoms with Crippen molar-refractivity contribution in [2.24, 2.45) is 0 Å². The van der Waals surface area contributed by atoms with E-state index in [9.17, 15) is 13.2 Å². The molecule has 0 saturated carbocycles. The molecule has 0 spiro atoms. The van der Waals surface area contributed by atoms with Crippen LogP contribution in [0.1, 0.15) is 46.1 Å². The number of hydrogen-bond donors (Lipinski definition) is 1. The number of nitrogens with one attached hydrogen (secondary N) is 1. The van der Waals surface area contributed by atoms with E-state index in [4.69, 9.17) is 4.74 Å². The standard InChI is InChI=1S/C23H30N2O4S/c1-5-6-14-24-22(26)21-16-25(30(27,28)18-10-8-7-9-11-18)19-15-17(23(2,3)4)12-13-20(19)29-21/h7-13,15,21H,5-6,14,16H2,1-4H3,(H,24,26)/t21-/m0/s1. The molecule has 7 heteroatoms. The molecule has 1 atom stereocenters. The van der Waals surface area contributed by atoms with Crippen LogP contribution in [0.5, 0.6) is 5.75 Å². The van der Waals surface area contributed by atoms with E-state index in [2.05, 4.69) is 26.1 Å². The average Bonchev–Trinajstić information content (AvgIpc) is 2.72. The van der Waals surface area contributed by atoms with E-state index in [0.717, 1.165) is 18.4 Å². The molecule has 0 aliphatic carbocycles. The maximum atomic E-state index is 13.5. The Morgan fingerprint density at radius 1 is 1.17 bits per heavy atom. The first-order chi connectivity index (χ1) is 14.1. The van der Waals surface area contributed by atoms with E-state index < -0.39 is 16.1 Å². The quantitative estimate of drug-likeness (QED) is 0.706. The minimum atomic E-state index is -3.86. The number of hydrogen-bond acceptors (Lipinski definition) is 4. The monoisotopic (exact) mass is 430 g/mol. The molecule has 0 radical (unpaired) electrons. The summed E-state index contributed by atoms with van der Waals surface area (Å²) in [5.74, 6) is 0.0895. The Balaban J connectivity index is 2.03. The van der Waals surface area contributed by atoms with Crippen molar-refractivity contribution in [3.8, 4) is 5.75 Å². The average molecular weight is 431 g/mol. The summed E-state index contributed by atoms with van der Waals surface area (Å²) in [7, 11) is -3.86. The van der Waals surface area contributed by atoms with Crippen LogP contribution in [0.2, 0.25) is 0 Å². The van der Waals surface area contributed by atoms with Crippen molar-refractivity contribution in [3.63, 3.8) is 0 Å². The molecule has 1 amide bonds. The van der Waals surface area contributed by atoms with Crippen LogP contribution in [0.25, 0.3) is 0 Å². The summed E-state index contributed by atoms with van der Waals surface area (Å²) in [6.45, 7) is 8.71. The predicted octanol–water partition coefficient (Wildman–Crippen LogP) is 3.86. The molecule has 1 heterocycles. The van der Waals surface area contributed by atoms with Crippen molar-refractivity contribution in [1.29, 1.82) is 0 Å². The maximum Gasteiger partial charge on any atom is 0.264 e. The van der Waals surface area contributed by atoms with Gasteiger partial charge >= 0.3 is 0 Å². The number of carbonyl (C=O) groups excluding carboxylic acids is 1. The fourth-order valence-corrected chi connectivity index (χ4v) is 4.79. The van der Waals surface area contributed by atoms with Crippen molar-refractivity contribution in [1.82, 2.24) is 5.32 Å². The third-order valence-corrected chi connectivity index (χ3v) is 6.94. The Bertz CT molecular complexity index is 998. The third-order valence-electron chi connectivity index (χ3n) is 5.15. The number of benzene rings is 2. The first-order valence-electron chi connectivity index (χ1n) is 10.3. The van der Waals surface area contributed by atoms with E-state index in [1.807, 2.05) is 19.1 Å². The van der Waals surface area contributed by atoms with Gasteiger partial charge in [0.1, 0.15) is 5.75 Å². The lowest BCUT2D eigenvalue weighted by Gasteiger charge is -2.36. The van der Waals surface area contributed by atoms with E-state index in [0.29, 0.717) is 18.0 Å². The third kappa shape index (κ3) is 4.61. The number of nitrogens with zero attached hydrogens (tertiary/aromatic N) is 1. The van der Waals surface area contributed by atoms with Crippen LogP contribution in [-0.4, -0.2) is 33.5 Å². The highest BCUT2D eigenvalue weighted by atomic mass is 32.2. The molecule has 0 bridgehead atoms. The molecule has 1 aliphatic heterocycles. The van der Waals surface area contributed by atoms with Gasteiger partial charge in [-0.25, -0.2) is 8.42 Å². The van der Waals surface area contributed by atoms with Crippen LogP contribution >= 0.6 is 0 Å². The van der Waals surface area contributed by atoms with Gasteiger partial charge in [0.15, 0.2) is 6.10 Å². The summed E-state index contributed by atoms with van der Waals surface area (Å²) >= 11 is 0. The van der Waals surface area contributed by atoms with Gasteiger partial charge in [0.25, 0.3) is 15.9 Å². The van der Waals surface area contributed by atoms with Crippen LogP contribution in [0, 0.1) is 0 Å². The SMILES string of the molecule is CCCCNC(=O)[C@@H]1CN(S(=O)(=O)c2ccccc2)c2cc(C(C)(C)C)ccc2O1. The largest absolute Gasteiger partial charge is 0.476 e. The number of unbranched alkanes of at least 4 members (excludes halogenated alkanes) is 1. The van der Waals surface area contributed by atoms with Gasteiger partial charge in [0.05, 0.1) is 17.1 Å². The second-order valence-electron chi connectivity index (χ2n) is 8.53. The molecule has 2 aromatic rings. The van der Waals surface area contributed by atoms with Gasteiger partial charge in [-0.05, 0) is 41.7 Å². The summed E-state index contributed by atoms with van der Waals surface area (Å²) in [5, 5.41) is 2.85. The van der Waals surface area contributed by atoms with Crippen LogP contribution < -0.4 is 14.4 Å². The van der Waals surface area contributed by atoms with Gasteiger partial charge in [0.2, 0.25) is 0 Å². The molecule has 2 aromatic carbocycles.